The van der Waals surface area contributed by atoms with Gasteiger partial charge in [0.25, 0.3) is 0 Å². The molecule has 0 spiro atoms. The van der Waals surface area contributed by atoms with Crippen molar-refractivity contribution in [3.05, 3.63) is 27.7 Å². The van der Waals surface area contributed by atoms with E-state index in [4.69, 9.17) is 16.3 Å². The number of sulfonamides is 1. The average Bonchev–Trinajstić information content (AvgIpc) is 2.74. The minimum absolute atomic E-state index is 0.0686. The Balaban J connectivity index is 2.23. The Morgan fingerprint density at radius 2 is 2.21 bits per heavy atom. The SMILES string of the molecule is CO[C@H]1CNCC1NS(=O)(=O)c1ccc(Br)cc1Cl. The van der Waals surface area contributed by atoms with Crippen molar-refractivity contribution in [2.24, 2.45) is 0 Å². The summed E-state index contributed by atoms with van der Waals surface area (Å²) < 4.78 is 33.1. The van der Waals surface area contributed by atoms with Crippen LogP contribution < -0.4 is 10.0 Å². The van der Waals surface area contributed by atoms with Gasteiger partial charge in [0.15, 0.2) is 0 Å². The van der Waals surface area contributed by atoms with E-state index < -0.39 is 10.0 Å². The van der Waals surface area contributed by atoms with E-state index in [9.17, 15) is 8.42 Å². The zero-order valence-electron chi connectivity index (χ0n) is 10.2. The molecule has 2 atom stereocenters. The molecule has 2 N–H and O–H groups in total. The number of methoxy groups -OCH3 is 1. The highest BCUT2D eigenvalue weighted by Crippen LogP contribution is 2.25. The van der Waals surface area contributed by atoms with Gasteiger partial charge in [0.05, 0.1) is 17.2 Å². The number of halogens is 2. The zero-order valence-corrected chi connectivity index (χ0v) is 13.3. The van der Waals surface area contributed by atoms with E-state index in [1.807, 2.05) is 0 Å². The topological polar surface area (TPSA) is 67.4 Å². The van der Waals surface area contributed by atoms with Crippen LogP contribution in [0.1, 0.15) is 0 Å². The van der Waals surface area contributed by atoms with Crippen molar-refractivity contribution in [1.29, 1.82) is 0 Å². The molecule has 2 rings (SSSR count). The monoisotopic (exact) mass is 368 g/mol. The molecule has 0 amide bonds. The Labute approximate surface area is 125 Å². The molecule has 1 aliphatic heterocycles. The number of rotatable bonds is 4. The van der Waals surface area contributed by atoms with Crippen molar-refractivity contribution in [3.63, 3.8) is 0 Å². The second-order valence-corrected chi connectivity index (χ2v) is 7.24. The molecule has 1 aromatic rings. The molecule has 19 heavy (non-hydrogen) atoms. The summed E-state index contributed by atoms with van der Waals surface area (Å²) in [6, 6.07) is 4.37. The molecule has 1 aromatic carbocycles. The second-order valence-electron chi connectivity index (χ2n) is 4.23. The molecule has 0 aromatic heterocycles. The molecule has 1 heterocycles. The molecule has 1 saturated heterocycles. The molecule has 0 aliphatic carbocycles. The van der Waals surface area contributed by atoms with Crippen molar-refractivity contribution in [2.45, 2.75) is 17.0 Å². The molecule has 0 radical (unpaired) electrons. The predicted octanol–water partition coefficient (Wildman–Crippen LogP) is 1.37. The first-order chi connectivity index (χ1) is 8.94. The van der Waals surface area contributed by atoms with Crippen LogP contribution in [0.25, 0.3) is 0 Å². The summed E-state index contributed by atoms with van der Waals surface area (Å²) in [7, 11) is -2.10. The van der Waals surface area contributed by atoms with Crippen LogP contribution >= 0.6 is 27.5 Å². The fraction of sp³-hybridized carbons (Fsp3) is 0.455. The molecule has 106 valence electrons. The smallest absolute Gasteiger partial charge is 0.242 e. The van der Waals surface area contributed by atoms with Crippen molar-refractivity contribution in [3.8, 4) is 0 Å². The highest BCUT2D eigenvalue weighted by Gasteiger charge is 2.31. The van der Waals surface area contributed by atoms with E-state index in [1.165, 1.54) is 6.07 Å². The number of nitrogens with one attached hydrogen (secondary N) is 2. The molecule has 0 bridgehead atoms. The van der Waals surface area contributed by atoms with Gasteiger partial charge >= 0.3 is 0 Å². The lowest BCUT2D eigenvalue weighted by molar-refractivity contribution is 0.103. The Hall–Kier alpha value is -0.180. The Morgan fingerprint density at radius 3 is 2.84 bits per heavy atom. The summed E-state index contributed by atoms with van der Waals surface area (Å²) in [5.74, 6) is 0. The first-order valence-electron chi connectivity index (χ1n) is 5.65. The zero-order chi connectivity index (χ0) is 14.0. The summed E-state index contributed by atoms with van der Waals surface area (Å²) in [4.78, 5) is 0.0686. The summed E-state index contributed by atoms with van der Waals surface area (Å²) in [5, 5.41) is 3.26. The van der Waals surface area contributed by atoms with Gasteiger partial charge in [-0.2, -0.15) is 0 Å². The lowest BCUT2D eigenvalue weighted by atomic mass is 10.2. The van der Waals surface area contributed by atoms with Gasteiger partial charge in [0, 0.05) is 24.7 Å². The molecule has 1 unspecified atom stereocenters. The molecule has 5 nitrogen and oxygen atoms in total. The summed E-state index contributed by atoms with van der Waals surface area (Å²) in [6.45, 7) is 1.16. The molecule has 1 aliphatic rings. The van der Waals surface area contributed by atoms with Crippen LogP contribution in [0, 0.1) is 0 Å². The highest BCUT2D eigenvalue weighted by atomic mass is 79.9. The number of benzene rings is 1. The van der Waals surface area contributed by atoms with Gasteiger partial charge in [0.1, 0.15) is 4.90 Å². The van der Waals surface area contributed by atoms with Crippen LogP contribution in [0.2, 0.25) is 5.02 Å². The van der Waals surface area contributed by atoms with Gasteiger partial charge in [-0.1, -0.05) is 27.5 Å². The maximum absolute atomic E-state index is 12.3. The van der Waals surface area contributed by atoms with Gasteiger partial charge < -0.3 is 10.1 Å². The first kappa shape index (κ1) is 15.2. The van der Waals surface area contributed by atoms with Gasteiger partial charge in [-0.05, 0) is 18.2 Å². The van der Waals surface area contributed by atoms with Gasteiger partial charge in [-0.15, -0.1) is 0 Å². The Morgan fingerprint density at radius 1 is 1.47 bits per heavy atom. The number of hydrogen-bond acceptors (Lipinski definition) is 4. The number of hydrogen-bond donors (Lipinski definition) is 2. The maximum Gasteiger partial charge on any atom is 0.242 e. The van der Waals surface area contributed by atoms with Crippen molar-refractivity contribution in [2.75, 3.05) is 20.2 Å². The van der Waals surface area contributed by atoms with Crippen LogP contribution in [-0.4, -0.2) is 40.8 Å². The third-order valence-electron chi connectivity index (χ3n) is 2.95. The average molecular weight is 370 g/mol. The predicted molar refractivity (Wildman–Crippen MR) is 76.9 cm³/mol. The van der Waals surface area contributed by atoms with Crippen molar-refractivity contribution >= 4 is 37.6 Å². The lowest BCUT2D eigenvalue weighted by Crippen LogP contribution is -2.43. The Kier molecular flexibility index (Phi) is 4.86. The van der Waals surface area contributed by atoms with Crippen LogP contribution in [0.15, 0.2) is 27.6 Å². The van der Waals surface area contributed by atoms with Crippen LogP contribution in [0.4, 0.5) is 0 Å². The van der Waals surface area contributed by atoms with Crippen molar-refractivity contribution < 1.29 is 13.2 Å². The van der Waals surface area contributed by atoms with Crippen LogP contribution in [0.3, 0.4) is 0 Å². The first-order valence-corrected chi connectivity index (χ1v) is 8.30. The molecule has 1 fully saturated rings. The standard InChI is InChI=1S/C11H14BrClN2O3S/c1-18-10-6-14-5-9(10)15-19(16,17)11-3-2-7(12)4-8(11)13/h2-4,9-10,14-15H,5-6H2,1H3/t9?,10-/m0/s1. The minimum Gasteiger partial charge on any atom is -0.378 e. The highest BCUT2D eigenvalue weighted by molar-refractivity contribution is 9.10. The molecular formula is C11H14BrClN2O3S. The van der Waals surface area contributed by atoms with Gasteiger partial charge in [0.2, 0.25) is 10.0 Å². The van der Waals surface area contributed by atoms with Crippen LogP contribution in [-0.2, 0) is 14.8 Å². The lowest BCUT2D eigenvalue weighted by Gasteiger charge is -2.19. The maximum atomic E-state index is 12.3. The van der Waals surface area contributed by atoms with E-state index in [0.717, 1.165) is 4.47 Å². The third-order valence-corrected chi connectivity index (χ3v) is 5.42. The van der Waals surface area contributed by atoms with E-state index in [-0.39, 0.29) is 22.1 Å². The fourth-order valence-corrected chi connectivity index (χ4v) is 4.28. The van der Waals surface area contributed by atoms with E-state index in [2.05, 4.69) is 26.0 Å². The van der Waals surface area contributed by atoms with E-state index in [1.54, 1.807) is 19.2 Å². The second kappa shape index (κ2) is 6.07. The quantitative estimate of drug-likeness (QED) is 0.841. The largest absolute Gasteiger partial charge is 0.378 e. The van der Waals surface area contributed by atoms with E-state index in [0.29, 0.717) is 13.1 Å². The van der Waals surface area contributed by atoms with Crippen LogP contribution in [0.5, 0.6) is 0 Å². The number of ether oxygens (including phenoxy) is 1. The van der Waals surface area contributed by atoms with E-state index >= 15 is 0 Å². The third kappa shape index (κ3) is 3.48. The Bertz CT molecular complexity index is 567. The summed E-state index contributed by atoms with van der Waals surface area (Å²) in [6.07, 6.45) is -0.177. The van der Waals surface area contributed by atoms with Gasteiger partial charge in [-0.3, -0.25) is 0 Å². The molecule has 0 saturated carbocycles. The van der Waals surface area contributed by atoms with Crippen molar-refractivity contribution in [1.82, 2.24) is 10.0 Å². The fourth-order valence-electron chi connectivity index (χ4n) is 1.98. The van der Waals surface area contributed by atoms with Gasteiger partial charge in [-0.25, -0.2) is 13.1 Å². The molecular weight excluding hydrogens is 356 g/mol. The summed E-state index contributed by atoms with van der Waals surface area (Å²) >= 11 is 9.22. The normalized spacial score (nSPS) is 23.7. The molecule has 8 heteroatoms. The summed E-state index contributed by atoms with van der Waals surface area (Å²) in [5.41, 5.74) is 0. The minimum atomic E-state index is -3.66.